The second-order valence-electron chi connectivity index (χ2n) is 6.33. The highest BCUT2D eigenvalue weighted by Gasteiger charge is 2.23. The van der Waals surface area contributed by atoms with Crippen LogP contribution in [0.25, 0.3) is 0 Å². The van der Waals surface area contributed by atoms with Crippen molar-refractivity contribution < 1.29 is 9.53 Å². The molecule has 1 aliphatic rings. The molecule has 6 nitrogen and oxygen atoms in total. The third-order valence-corrected chi connectivity index (χ3v) is 4.43. The van der Waals surface area contributed by atoms with Gasteiger partial charge in [-0.05, 0) is 42.9 Å². The van der Waals surface area contributed by atoms with Gasteiger partial charge in [0.2, 0.25) is 5.91 Å². The molecular weight excluding hydrogens is 304 g/mol. The normalized spacial score (nSPS) is 18.4. The highest BCUT2D eigenvalue weighted by Crippen LogP contribution is 2.20. The van der Waals surface area contributed by atoms with Crippen LogP contribution in [0.1, 0.15) is 30.4 Å². The molecule has 1 aromatic carbocycles. The topological polar surface area (TPSA) is 80.0 Å². The Hall–Kier alpha value is -2.24. The molecule has 0 spiro atoms. The number of carbonyl (C=O) groups is 1. The minimum absolute atomic E-state index is 0.224. The summed E-state index contributed by atoms with van der Waals surface area (Å²) in [6.45, 7) is 4.52. The predicted molar refractivity (Wildman–Crippen MR) is 96.0 cm³/mol. The van der Waals surface area contributed by atoms with Crippen LogP contribution in [0.15, 0.2) is 23.2 Å². The zero-order valence-electron chi connectivity index (χ0n) is 14.8. The average molecular weight is 332 g/mol. The predicted octanol–water partition coefficient (Wildman–Crippen LogP) is 1.67. The van der Waals surface area contributed by atoms with Gasteiger partial charge in [-0.25, -0.2) is 0 Å². The van der Waals surface area contributed by atoms with Crippen LogP contribution in [0.4, 0.5) is 0 Å². The third kappa shape index (κ3) is 4.88. The Morgan fingerprint density at radius 1 is 1.50 bits per heavy atom. The minimum atomic E-state index is -0.224. The van der Waals surface area contributed by atoms with Crippen molar-refractivity contribution in [3.05, 3.63) is 29.3 Å². The number of aliphatic imine (C=N–C) groups is 1. The summed E-state index contributed by atoms with van der Waals surface area (Å²) in [5.41, 5.74) is 7.63. The van der Waals surface area contributed by atoms with Crippen LogP contribution >= 0.6 is 0 Å². The fourth-order valence-corrected chi connectivity index (χ4v) is 3.27. The number of guanidine groups is 1. The Morgan fingerprint density at radius 2 is 2.29 bits per heavy atom. The van der Waals surface area contributed by atoms with Crippen LogP contribution in [0.5, 0.6) is 5.75 Å². The summed E-state index contributed by atoms with van der Waals surface area (Å²) in [6, 6.07) is 6.16. The standard InChI is InChI=1S/C18H28N4O2/c1-13-9-14(6-7-16(13)24-3)11-21-18(20-2)22-8-4-5-15(12-22)10-17(19)23/h6-7,9,15H,4-5,8,10-12H2,1-3H3,(H2,19,23)(H,20,21). The molecule has 1 aromatic rings. The first-order chi connectivity index (χ1) is 11.5. The van der Waals surface area contributed by atoms with E-state index in [9.17, 15) is 4.79 Å². The molecule has 1 saturated heterocycles. The van der Waals surface area contributed by atoms with E-state index in [1.54, 1.807) is 14.2 Å². The van der Waals surface area contributed by atoms with E-state index < -0.39 is 0 Å². The first-order valence-electron chi connectivity index (χ1n) is 8.41. The molecule has 1 heterocycles. The highest BCUT2D eigenvalue weighted by molar-refractivity contribution is 5.80. The quantitative estimate of drug-likeness (QED) is 0.635. The van der Waals surface area contributed by atoms with Gasteiger partial charge in [0.05, 0.1) is 7.11 Å². The van der Waals surface area contributed by atoms with Gasteiger partial charge in [-0.15, -0.1) is 0 Å². The van der Waals surface area contributed by atoms with Gasteiger partial charge in [-0.2, -0.15) is 0 Å². The molecule has 24 heavy (non-hydrogen) atoms. The number of likely N-dealkylation sites (tertiary alicyclic amines) is 1. The smallest absolute Gasteiger partial charge is 0.217 e. The van der Waals surface area contributed by atoms with E-state index in [-0.39, 0.29) is 5.91 Å². The van der Waals surface area contributed by atoms with Gasteiger partial charge < -0.3 is 20.7 Å². The van der Waals surface area contributed by atoms with Crippen molar-refractivity contribution in [3.63, 3.8) is 0 Å². The number of methoxy groups -OCH3 is 1. The molecule has 1 fully saturated rings. The molecule has 0 aromatic heterocycles. The molecule has 132 valence electrons. The molecule has 6 heteroatoms. The van der Waals surface area contributed by atoms with Gasteiger partial charge in [0, 0.05) is 33.1 Å². The summed E-state index contributed by atoms with van der Waals surface area (Å²) in [7, 11) is 3.47. The van der Waals surface area contributed by atoms with E-state index >= 15 is 0 Å². The first-order valence-corrected chi connectivity index (χ1v) is 8.41. The van der Waals surface area contributed by atoms with Gasteiger partial charge in [0.1, 0.15) is 5.75 Å². The van der Waals surface area contributed by atoms with Gasteiger partial charge >= 0.3 is 0 Å². The molecule has 3 N–H and O–H groups in total. The van der Waals surface area contributed by atoms with E-state index in [2.05, 4.69) is 27.3 Å². The maximum atomic E-state index is 11.2. The number of benzene rings is 1. The van der Waals surface area contributed by atoms with Crippen molar-refractivity contribution >= 4 is 11.9 Å². The first kappa shape index (κ1) is 18.1. The van der Waals surface area contributed by atoms with Gasteiger partial charge in [-0.3, -0.25) is 9.79 Å². The SMILES string of the molecule is CN=C(NCc1ccc(OC)c(C)c1)N1CCCC(CC(N)=O)C1. The summed E-state index contributed by atoms with van der Waals surface area (Å²) in [5, 5.41) is 3.41. The van der Waals surface area contributed by atoms with Crippen molar-refractivity contribution in [1.82, 2.24) is 10.2 Å². The molecule has 1 aliphatic heterocycles. The second kappa shape index (κ2) is 8.57. The minimum Gasteiger partial charge on any atom is -0.496 e. The van der Waals surface area contributed by atoms with E-state index in [0.717, 1.165) is 43.2 Å². The van der Waals surface area contributed by atoms with E-state index in [1.807, 2.05) is 13.0 Å². The number of nitrogens with one attached hydrogen (secondary N) is 1. The Bertz CT molecular complexity index is 601. The molecule has 0 aliphatic carbocycles. The Kier molecular flexibility index (Phi) is 6.46. The number of ether oxygens (including phenoxy) is 1. The summed E-state index contributed by atoms with van der Waals surface area (Å²) < 4.78 is 5.30. The summed E-state index contributed by atoms with van der Waals surface area (Å²) in [5.74, 6) is 1.86. The molecular formula is C18H28N4O2. The number of carbonyl (C=O) groups excluding carboxylic acids is 1. The zero-order chi connectivity index (χ0) is 17.5. The lowest BCUT2D eigenvalue weighted by Gasteiger charge is -2.34. The molecule has 0 saturated carbocycles. The molecule has 1 amide bonds. The number of nitrogens with two attached hydrogens (primary N) is 1. The van der Waals surface area contributed by atoms with Crippen molar-refractivity contribution in [1.29, 1.82) is 0 Å². The van der Waals surface area contributed by atoms with E-state index in [0.29, 0.717) is 18.9 Å². The number of hydrogen-bond acceptors (Lipinski definition) is 3. The molecule has 0 bridgehead atoms. The Morgan fingerprint density at radius 3 is 2.92 bits per heavy atom. The number of nitrogens with zero attached hydrogens (tertiary/aromatic N) is 2. The van der Waals surface area contributed by atoms with Gasteiger partial charge in [0.15, 0.2) is 5.96 Å². The van der Waals surface area contributed by atoms with Crippen LogP contribution in [0, 0.1) is 12.8 Å². The van der Waals surface area contributed by atoms with Crippen molar-refractivity contribution in [2.75, 3.05) is 27.2 Å². The van der Waals surface area contributed by atoms with Crippen molar-refractivity contribution in [3.8, 4) is 5.75 Å². The monoisotopic (exact) mass is 332 g/mol. The largest absolute Gasteiger partial charge is 0.496 e. The van der Waals surface area contributed by atoms with Crippen LogP contribution in [-0.4, -0.2) is 44.0 Å². The maximum Gasteiger partial charge on any atom is 0.217 e. The van der Waals surface area contributed by atoms with Gasteiger partial charge in [-0.1, -0.05) is 12.1 Å². The Labute approximate surface area is 144 Å². The van der Waals surface area contributed by atoms with Crippen molar-refractivity contribution in [2.24, 2.45) is 16.6 Å². The Balaban J connectivity index is 1.94. The third-order valence-electron chi connectivity index (χ3n) is 4.43. The molecule has 1 unspecified atom stereocenters. The summed E-state index contributed by atoms with van der Waals surface area (Å²) >= 11 is 0. The van der Waals surface area contributed by atoms with Crippen LogP contribution in [0.3, 0.4) is 0 Å². The average Bonchev–Trinajstić information content (AvgIpc) is 2.55. The number of amides is 1. The summed E-state index contributed by atoms with van der Waals surface area (Å²) in [4.78, 5) is 17.8. The number of primary amides is 1. The fourth-order valence-electron chi connectivity index (χ4n) is 3.27. The van der Waals surface area contributed by atoms with Crippen LogP contribution < -0.4 is 15.8 Å². The van der Waals surface area contributed by atoms with Crippen molar-refractivity contribution in [2.45, 2.75) is 32.7 Å². The number of rotatable bonds is 5. The van der Waals surface area contributed by atoms with Crippen LogP contribution in [-0.2, 0) is 11.3 Å². The van der Waals surface area contributed by atoms with Crippen LogP contribution in [0.2, 0.25) is 0 Å². The lowest BCUT2D eigenvalue weighted by Crippen LogP contribution is -2.46. The van der Waals surface area contributed by atoms with E-state index in [1.165, 1.54) is 5.56 Å². The van der Waals surface area contributed by atoms with Gasteiger partial charge in [0.25, 0.3) is 0 Å². The number of piperidine rings is 1. The molecule has 2 rings (SSSR count). The molecule has 1 atom stereocenters. The lowest BCUT2D eigenvalue weighted by molar-refractivity contribution is -0.119. The highest BCUT2D eigenvalue weighted by atomic mass is 16.5. The maximum absolute atomic E-state index is 11.2. The number of aryl methyl sites for hydroxylation is 1. The summed E-state index contributed by atoms with van der Waals surface area (Å²) in [6.07, 6.45) is 2.56. The second-order valence-corrected chi connectivity index (χ2v) is 6.33. The van der Waals surface area contributed by atoms with E-state index in [4.69, 9.17) is 10.5 Å². The fraction of sp³-hybridized carbons (Fsp3) is 0.556. The zero-order valence-corrected chi connectivity index (χ0v) is 14.8. The number of hydrogen-bond donors (Lipinski definition) is 2. The lowest BCUT2D eigenvalue weighted by atomic mass is 9.95. The molecule has 0 radical (unpaired) electrons.